The molecular formula is C15H30N6O3. The molecule has 3 N–H and O–H groups in total. The average molecular weight is 342 g/mol. The van der Waals surface area contributed by atoms with Crippen molar-refractivity contribution in [2.45, 2.75) is 40.4 Å². The van der Waals surface area contributed by atoms with Gasteiger partial charge in [-0.15, -0.1) is 0 Å². The van der Waals surface area contributed by atoms with Crippen molar-refractivity contribution < 1.29 is 14.2 Å². The molecule has 1 aromatic heterocycles. The molecule has 0 amide bonds. The van der Waals surface area contributed by atoms with Crippen LogP contribution >= 0.6 is 0 Å². The summed E-state index contributed by atoms with van der Waals surface area (Å²) in [4.78, 5) is 0. The van der Waals surface area contributed by atoms with Gasteiger partial charge in [0.25, 0.3) is 0 Å². The van der Waals surface area contributed by atoms with Gasteiger partial charge < -0.3 is 14.2 Å². The van der Waals surface area contributed by atoms with Crippen molar-refractivity contribution in [3.8, 4) is 0 Å². The van der Waals surface area contributed by atoms with Gasteiger partial charge in [0.05, 0.1) is 39.5 Å². The summed E-state index contributed by atoms with van der Waals surface area (Å²) >= 11 is 0. The molecule has 0 spiro atoms. The van der Waals surface area contributed by atoms with Crippen LogP contribution in [0, 0.1) is 16.2 Å². The molecule has 0 aromatic carbocycles. The first-order valence-corrected chi connectivity index (χ1v) is 8.39. The fraction of sp³-hybridized carbons (Fsp3) is 0.800. The number of rotatable bonds is 12. The van der Waals surface area contributed by atoms with Gasteiger partial charge in [-0.3, -0.25) is 29.9 Å². The third kappa shape index (κ3) is 5.43. The van der Waals surface area contributed by atoms with E-state index in [0.29, 0.717) is 59.3 Å². The molecule has 0 aliphatic carbocycles. The Balaban J connectivity index is 3.22. The summed E-state index contributed by atoms with van der Waals surface area (Å²) in [6.45, 7) is 9.96. The quantitative estimate of drug-likeness (QED) is 0.451. The summed E-state index contributed by atoms with van der Waals surface area (Å²) in [5.74, 6) is 0. The van der Waals surface area contributed by atoms with Crippen LogP contribution in [0.5, 0.6) is 0 Å². The molecule has 0 saturated carbocycles. The Bertz CT molecular complexity index is 540. The number of nitrogens with one attached hydrogen (secondary N) is 3. The zero-order valence-corrected chi connectivity index (χ0v) is 14.9. The molecule has 0 atom stereocenters. The normalized spacial score (nSPS) is 11.1. The van der Waals surface area contributed by atoms with Gasteiger partial charge in [-0.25, -0.2) is 0 Å². The van der Waals surface area contributed by atoms with Crippen molar-refractivity contribution >= 4 is 0 Å². The van der Waals surface area contributed by atoms with Crippen LogP contribution in [0.25, 0.3) is 0 Å². The summed E-state index contributed by atoms with van der Waals surface area (Å²) < 4.78 is 20.7. The molecule has 9 nitrogen and oxygen atoms in total. The number of aromatic nitrogens is 3. The van der Waals surface area contributed by atoms with Crippen LogP contribution < -0.4 is 16.9 Å². The van der Waals surface area contributed by atoms with Crippen molar-refractivity contribution in [2.75, 3.05) is 39.6 Å². The summed E-state index contributed by atoms with van der Waals surface area (Å²) in [6.07, 6.45) is 0. The fourth-order valence-corrected chi connectivity index (χ4v) is 2.27. The van der Waals surface area contributed by atoms with Gasteiger partial charge in [-0.05, 0) is 20.8 Å². The summed E-state index contributed by atoms with van der Waals surface area (Å²) in [7, 11) is 0. The highest BCUT2D eigenvalue weighted by Gasteiger charge is 2.09. The molecule has 24 heavy (non-hydrogen) atoms. The van der Waals surface area contributed by atoms with E-state index in [1.54, 1.807) is 13.7 Å². The first-order chi connectivity index (χ1) is 11.6. The second-order valence-electron chi connectivity index (χ2n) is 5.02. The maximum Gasteiger partial charge on any atom is 0.207 e. The monoisotopic (exact) mass is 342 g/mol. The average Bonchev–Trinajstić information content (AvgIpc) is 2.57. The minimum Gasteiger partial charge on any atom is -0.380 e. The molecule has 0 fully saturated rings. The van der Waals surface area contributed by atoms with Gasteiger partial charge in [-0.2, -0.15) is 0 Å². The van der Waals surface area contributed by atoms with Crippen LogP contribution in [0.3, 0.4) is 0 Å². The zero-order valence-electron chi connectivity index (χ0n) is 14.9. The second-order valence-corrected chi connectivity index (χ2v) is 5.02. The Labute approximate surface area is 141 Å². The van der Waals surface area contributed by atoms with Crippen molar-refractivity contribution in [1.29, 1.82) is 16.2 Å². The highest BCUT2D eigenvalue weighted by molar-refractivity contribution is 4.72. The van der Waals surface area contributed by atoms with Crippen molar-refractivity contribution in [3.05, 3.63) is 16.9 Å². The first-order valence-electron chi connectivity index (χ1n) is 8.39. The fourth-order valence-electron chi connectivity index (χ4n) is 2.27. The van der Waals surface area contributed by atoms with Gasteiger partial charge >= 0.3 is 0 Å². The Morgan fingerprint density at radius 2 is 0.833 bits per heavy atom. The van der Waals surface area contributed by atoms with Gasteiger partial charge in [0.1, 0.15) is 0 Å². The standard InChI is InChI=1S/C15H30N6O3/c1-4-22-10-7-19-13(16)20(8-11-23-5-2)15(18)21(14(19)17)9-12-24-6-3/h16-18H,4-12H2,1-3H3. The molecule has 0 saturated heterocycles. The number of nitrogens with zero attached hydrogens (tertiary/aromatic N) is 3. The third-order valence-electron chi connectivity index (χ3n) is 3.52. The molecule has 0 aliphatic heterocycles. The van der Waals surface area contributed by atoms with E-state index in [2.05, 4.69) is 0 Å². The lowest BCUT2D eigenvalue weighted by atomic mass is 10.5. The van der Waals surface area contributed by atoms with Crippen molar-refractivity contribution in [2.24, 2.45) is 0 Å². The Hall–Kier alpha value is -1.71. The molecule has 0 aliphatic rings. The maximum atomic E-state index is 8.34. The minimum atomic E-state index is 0.108. The lowest BCUT2D eigenvalue weighted by Gasteiger charge is -2.18. The van der Waals surface area contributed by atoms with Crippen LogP contribution in [0.4, 0.5) is 0 Å². The Morgan fingerprint density at radius 1 is 0.583 bits per heavy atom. The predicted octanol–water partition coefficient (Wildman–Crippen LogP) is -0.361. The van der Waals surface area contributed by atoms with Crippen LogP contribution in [-0.4, -0.2) is 53.3 Å². The molecule has 0 bridgehead atoms. The highest BCUT2D eigenvalue weighted by Crippen LogP contribution is 1.83. The molecule has 0 radical (unpaired) electrons. The topological polar surface area (TPSA) is 114 Å². The van der Waals surface area contributed by atoms with E-state index in [1.807, 2.05) is 20.8 Å². The SMILES string of the molecule is CCOCCn1c(=N)n(CCOCC)c(=N)n(CCOCC)c1=N. The van der Waals surface area contributed by atoms with Crippen molar-refractivity contribution in [1.82, 2.24) is 13.7 Å². The maximum absolute atomic E-state index is 8.34. The van der Waals surface area contributed by atoms with Crippen LogP contribution in [0.2, 0.25) is 0 Å². The van der Waals surface area contributed by atoms with Crippen molar-refractivity contribution in [3.63, 3.8) is 0 Å². The van der Waals surface area contributed by atoms with Crippen LogP contribution in [-0.2, 0) is 33.8 Å². The highest BCUT2D eigenvalue weighted by atomic mass is 16.5. The van der Waals surface area contributed by atoms with E-state index in [9.17, 15) is 0 Å². The first kappa shape index (κ1) is 20.3. The van der Waals surface area contributed by atoms with Gasteiger partial charge in [0, 0.05) is 19.8 Å². The smallest absolute Gasteiger partial charge is 0.207 e. The molecule has 9 heteroatoms. The van der Waals surface area contributed by atoms with Gasteiger partial charge in [-0.1, -0.05) is 0 Å². The Morgan fingerprint density at radius 3 is 1.04 bits per heavy atom. The van der Waals surface area contributed by atoms with E-state index < -0.39 is 0 Å². The van der Waals surface area contributed by atoms with E-state index in [4.69, 9.17) is 30.4 Å². The summed E-state index contributed by atoms with van der Waals surface area (Å²) in [6, 6.07) is 0. The molecule has 1 aromatic rings. The molecule has 138 valence electrons. The van der Waals surface area contributed by atoms with E-state index >= 15 is 0 Å². The van der Waals surface area contributed by atoms with Crippen LogP contribution in [0.15, 0.2) is 0 Å². The number of hydrogen-bond donors (Lipinski definition) is 3. The molecular weight excluding hydrogens is 312 g/mol. The van der Waals surface area contributed by atoms with E-state index in [-0.39, 0.29) is 16.9 Å². The van der Waals surface area contributed by atoms with Gasteiger partial charge in [0.15, 0.2) is 0 Å². The summed E-state index contributed by atoms with van der Waals surface area (Å²) in [5.41, 5.74) is 0.325. The third-order valence-corrected chi connectivity index (χ3v) is 3.52. The zero-order chi connectivity index (χ0) is 17.9. The Kier molecular flexibility index (Phi) is 9.28. The molecule has 1 rings (SSSR count). The predicted molar refractivity (Wildman–Crippen MR) is 87.5 cm³/mol. The van der Waals surface area contributed by atoms with E-state index in [0.717, 1.165) is 0 Å². The molecule has 1 heterocycles. The number of hydrogen-bond acceptors (Lipinski definition) is 6. The summed E-state index contributed by atoms with van der Waals surface area (Å²) in [5, 5.41) is 25.0. The largest absolute Gasteiger partial charge is 0.380 e. The van der Waals surface area contributed by atoms with Gasteiger partial charge in [0.2, 0.25) is 16.9 Å². The van der Waals surface area contributed by atoms with Crippen LogP contribution in [0.1, 0.15) is 20.8 Å². The minimum absolute atomic E-state index is 0.108. The van der Waals surface area contributed by atoms with E-state index in [1.165, 1.54) is 0 Å². The second kappa shape index (κ2) is 11.0. The lowest BCUT2D eigenvalue weighted by molar-refractivity contribution is 0.121. The molecule has 0 unspecified atom stereocenters. The lowest BCUT2D eigenvalue weighted by Crippen LogP contribution is -2.55. The number of ether oxygens (including phenoxy) is 3.